The molecule has 112 valence electrons. The number of likely N-dealkylation sites (N-methyl/N-ethyl adjacent to an activating group) is 1. The number of nitrogens with one attached hydrogen (secondary N) is 1. The first kappa shape index (κ1) is 15.3. The molecule has 1 N–H and O–H groups in total. The van der Waals surface area contributed by atoms with Crippen LogP contribution >= 0.6 is 0 Å². The van der Waals surface area contributed by atoms with Crippen LogP contribution in [0.3, 0.4) is 0 Å². The quantitative estimate of drug-likeness (QED) is 0.830. The first-order valence-electron chi connectivity index (χ1n) is 7.73. The number of benzene rings is 1. The molecule has 3 heteroatoms. The zero-order valence-electron chi connectivity index (χ0n) is 12.9. The van der Waals surface area contributed by atoms with Crippen molar-refractivity contribution < 1.29 is 9.47 Å². The second-order valence-corrected chi connectivity index (χ2v) is 5.68. The van der Waals surface area contributed by atoms with E-state index in [1.807, 2.05) is 13.1 Å². The maximum Gasteiger partial charge on any atom is 0.122 e. The van der Waals surface area contributed by atoms with Gasteiger partial charge in [-0.1, -0.05) is 32.0 Å². The zero-order valence-corrected chi connectivity index (χ0v) is 12.9. The molecule has 1 aliphatic rings. The molecule has 1 aromatic rings. The minimum Gasteiger partial charge on any atom is -0.492 e. The standard InChI is InChI=1S/C17H27NO2/c1-4-13(2)15-7-5-6-8-17(15)20-12-16(18-3)14-9-10-19-11-14/h5-8,13-14,16,18H,4,9-12H2,1-3H3. The van der Waals surface area contributed by atoms with E-state index in [4.69, 9.17) is 9.47 Å². The molecular weight excluding hydrogens is 250 g/mol. The Bertz CT molecular complexity index is 402. The van der Waals surface area contributed by atoms with E-state index in [2.05, 4.69) is 37.4 Å². The van der Waals surface area contributed by atoms with Crippen molar-refractivity contribution in [3.8, 4) is 5.75 Å². The molecule has 2 rings (SSSR count). The first-order valence-corrected chi connectivity index (χ1v) is 7.73. The summed E-state index contributed by atoms with van der Waals surface area (Å²) in [5.41, 5.74) is 1.31. The van der Waals surface area contributed by atoms with Gasteiger partial charge >= 0.3 is 0 Å². The van der Waals surface area contributed by atoms with E-state index in [1.54, 1.807) is 0 Å². The number of rotatable bonds is 7. The van der Waals surface area contributed by atoms with Gasteiger partial charge in [0.05, 0.1) is 6.61 Å². The van der Waals surface area contributed by atoms with Gasteiger partial charge in [-0.3, -0.25) is 0 Å². The molecule has 1 aromatic carbocycles. The SMILES string of the molecule is CCC(C)c1ccccc1OCC(NC)C1CCOC1. The molecule has 3 atom stereocenters. The molecule has 3 unspecified atom stereocenters. The lowest BCUT2D eigenvalue weighted by Crippen LogP contribution is -2.39. The van der Waals surface area contributed by atoms with E-state index >= 15 is 0 Å². The van der Waals surface area contributed by atoms with Crippen LogP contribution in [0.5, 0.6) is 5.75 Å². The zero-order chi connectivity index (χ0) is 14.4. The molecule has 0 spiro atoms. The van der Waals surface area contributed by atoms with Crippen molar-refractivity contribution in [3.63, 3.8) is 0 Å². The Morgan fingerprint density at radius 2 is 2.20 bits per heavy atom. The lowest BCUT2D eigenvalue weighted by atomic mass is 9.97. The molecule has 0 amide bonds. The third-order valence-electron chi connectivity index (χ3n) is 4.39. The van der Waals surface area contributed by atoms with Gasteiger partial charge in [0, 0.05) is 18.6 Å². The monoisotopic (exact) mass is 277 g/mol. The summed E-state index contributed by atoms with van der Waals surface area (Å²) in [5.74, 6) is 2.13. The molecule has 0 bridgehead atoms. The summed E-state index contributed by atoms with van der Waals surface area (Å²) in [6.45, 7) is 6.91. The van der Waals surface area contributed by atoms with Crippen LogP contribution in [0.15, 0.2) is 24.3 Å². The van der Waals surface area contributed by atoms with Crippen LogP contribution in [0.1, 0.15) is 38.2 Å². The molecule has 3 nitrogen and oxygen atoms in total. The third-order valence-corrected chi connectivity index (χ3v) is 4.39. The maximum atomic E-state index is 6.11. The Morgan fingerprint density at radius 3 is 2.85 bits per heavy atom. The van der Waals surface area contributed by atoms with Crippen molar-refractivity contribution in [1.82, 2.24) is 5.32 Å². The molecule has 1 heterocycles. The van der Waals surface area contributed by atoms with Crippen molar-refractivity contribution >= 4 is 0 Å². The molecule has 20 heavy (non-hydrogen) atoms. The summed E-state index contributed by atoms with van der Waals surface area (Å²) < 4.78 is 11.6. The van der Waals surface area contributed by atoms with Gasteiger partial charge in [-0.15, -0.1) is 0 Å². The lowest BCUT2D eigenvalue weighted by Gasteiger charge is -2.23. The molecule has 0 saturated carbocycles. The Kier molecular flexibility index (Phi) is 5.86. The fourth-order valence-corrected chi connectivity index (χ4v) is 2.74. The Hall–Kier alpha value is -1.06. The highest BCUT2D eigenvalue weighted by Crippen LogP contribution is 2.29. The Morgan fingerprint density at radius 1 is 1.40 bits per heavy atom. The van der Waals surface area contributed by atoms with Gasteiger partial charge in [0.25, 0.3) is 0 Å². The third kappa shape index (κ3) is 3.74. The minimum absolute atomic E-state index is 0.363. The fraction of sp³-hybridized carbons (Fsp3) is 0.647. The van der Waals surface area contributed by atoms with E-state index in [1.165, 1.54) is 5.56 Å². The predicted molar refractivity (Wildman–Crippen MR) is 82.4 cm³/mol. The van der Waals surface area contributed by atoms with Gasteiger partial charge in [-0.05, 0) is 37.4 Å². The molecule has 0 aliphatic carbocycles. The van der Waals surface area contributed by atoms with Crippen LogP contribution in [0.2, 0.25) is 0 Å². The van der Waals surface area contributed by atoms with Crippen LogP contribution in [0.25, 0.3) is 0 Å². The van der Waals surface area contributed by atoms with Crippen molar-refractivity contribution in [2.24, 2.45) is 5.92 Å². The van der Waals surface area contributed by atoms with E-state index in [9.17, 15) is 0 Å². The smallest absolute Gasteiger partial charge is 0.122 e. The highest BCUT2D eigenvalue weighted by molar-refractivity contribution is 5.35. The second-order valence-electron chi connectivity index (χ2n) is 5.68. The van der Waals surface area contributed by atoms with Gasteiger partial charge in [-0.25, -0.2) is 0 Å². The lowest BCUT2D eigenvalue weighted by molar-refractivity contribution is 0.162. The fourth-order valence-electron chi connectivity index (χ4n) is 2.74. The van der Waals surface area contributed by atoms with Crippen molar-refractivity contribution in [1.29, 1.82) is 0 Å². The highest BCUT2D eigenvalue weighted by Gasteiger charge is 2.25. The molecule has 1 fully saturated rings. The largest absolute Gasteiger partial charge is 0.492 e. The van der Waals surface area contributed by atoms with Crippen LogP contribution in [0, 0.1) is 5.92 Å². The topological polar surface area (TPSA) is 30.5 Å². The number of para-hydroxylation sites is 1. The Labute approximate surface area is 122 Å². The molecular formula is C17H27NO2. The average molecular weight is 277 g/mol. The summed E-state index contributed by atoms with van der Waals surface area (Å²) in [7, 11) is 2.01. The van der Waals surface area contributed by atoms with Crippen LogP contribution < -0.4 is 10.1 Å². The van der Waals surface area contributed by atoms with Gasteiger partial charge in [0.1, 0.15) is 12.4 Å². The first-order chi connectivity index (χ1) is 9.76. The van der Waals surface area contributed by atoms with Crippen molar-refractivity contribution in [3.05, 3.63) is 29.8 Å². The summed E-state index contributed by atoms with van der Waals surface area (Å²) in [6.07, 6.45) is 2.26. The van der Waals surface area contributed by atoms with Crippen LogP contribution in [0.4, 0.5) is 0 Å². The maximum absolute atomic E-state index is 6.11. The van der Waals surface area contributed by atoms with E-state index in [-0.39, 0.29) is 0 Å². The molecule has 1 aliphatic heterocycles. The summed E-state index contributed by atoms with van der Waals surface area (Å²) >= 11 is 0. The molecule has 1 saturated heterocycles. The van der Waals surface area contributed by atoms with E-state index in [0.29, 0.717) is 24.5 Å². The van der Waals surface area contributed by atoms with Crippen LogP contribution in [-0.4, -0.2) is 32.9 Å². The van der Waals surface area contributed by atoms with Crippen molar-refractivity contribution in [2.45, 2.75) is 38.6 Å². The average Bonchev–Trinajstić information content (AvgIpc) is 3.02. The number of hydrogen-bond donors (Lipinski definition) is 1. The van der Waals surface area contributed by atoms with Gasteiger partial charge in [0.15, 0.2) is 0 Å². The van der Waals surface area contributed by atoms with Gasteiger partial charge < -0.3 is 14.8 Å². The summed E-state index contributed by atoms with van der Waals surface area (Å²) in [5, 5.41) is 3.37. The highest BCUT2D eigenvalue weighted by atomic mass is 16.5. The predicted octanol–water partition coefficient (Wildman–Crippen LogP) is 3.20. The van der Waals surface area contributed by atoms with Crippen molar-refractivity contribution in [2.75, 3.05) is 26.9 Å². The van der Waals surface area contributed by atoms with Gasteiger partial charge in [0.2, 0.25) is 0 Å². The van der Waals surface area contributed by atoms with E-state index in [0.717, 1.165) is 31.8 Å². The molecule has 0 aromatic heterocycles. The normalized spacial score (nSPS) is 21.6. The van der Waals surface area contributed by atoms with Gasteiger partial charge in [-0.2, -0.15) is 0 Å². The number of hydrogen-bond acceptors (Lipinski definition) is 3. The Balaban J connectivity index is 1.98. The molecule has 0 radical (unpaired) electrons. The summed E-state index contributed by atoms with van der Waals surface area (Å²) in [4.78, 5) is 0. The summed E-state index contributed by atoms with van der Waals surface area (Å²) in [6, 6.07) is 8.77. The van der Waals surface area contributed by atoms with Crippen LogP contribution in [-0.2, 0) is 4.74 Å². The minimum atomic E-state index is 0.363. The number of ether oxygens (including phenoxy) is 2. The second kappa shape index (κ2) is 7.65. The van der Waals surface area contributed by atoms with E-state index < -0.39 is 0 Å².